The molecule has 6 heteroatoms. The fourth-order valence-corrected chi connectivity index (χ4v) is 2.24. The number of ether oxygens (including phenoxy) is 3. The standard InChI is InChI=1S/C14H16O6/c1-4-18-14(16)12-11(9-6-5-7-19-9)10(8(2)20-12)13(15)17-3/h5-7,11-12H,4H2,1-3H3/t11-,12-/m0/s1. The minimum atomic E-state index is -0.935. The third-order valence-corrected chi connectivity index (χ3v) is 3.07. The Balaban J connectivity index is 2.39. The second-order valence-electron chi connectivity index (χ2n) is 4.25. The molecule has 108 valence electrons. The molecule has 0 unspecified atom stereocenters. The number of hydrogen-bond donors (Lipinski definition) is 0. The summed E-state index contributed by atoms with van der Waals surface area (Å²) in [7, 11) is 1.28. The number of carbonyl (C=O) groups is 2. The first-order valence-corrected chi connectivity index (χ1v) is 6.25. The lowest BCUT2D eigenvalue weighted by Crippen LogP contribution is -2.30. The van der Waals surface area contributed by atoms with Crippen LogP contribution in [0.3, 0.4) is 0 Å². The first-order chi connectivity index (χ1) is 9.60. The maximum atomic E-state index is 12.0. The van der Waals surface area contributed by atoms with Gasteiger partial charge >= 0.3 is 11.9 Å². The van der Waals surface area contributed by atoms with Gasteiger partial charge in [0.1, 0.15) is 17.4 Å². The average molecular weight is 280 g/mol. The molecule has 0 saturated carbocycles. The van der Waals surface area contributed by atoms with E-state index in [9.17, 15) is 9.59 Å². The summed E-state index contributed by atoms with van der Waals surface area (Å²) in [6.45, 7) is 3.55. The number of hydrogen-bond acceptors (Lipinski definition) is 6. The van der Waals surface area contributed by atoms with E-state index in [-0.39, 0.29) is 12.2 Å². The van der Waals surface area contributed by atoms with Crippen LogP contribution < -0.4 is 0 Å². The minimum absolute atomic E-state index is 0.232. The van der Waals surface area contributed by atoms with Crippen molar-refractivity contribution in [3.63, 3.8) is 0 Å². The lowest BCUT2D eigenvalue weighted by atomic mass is 9.92. The number of esters is 2. The number of allylic oxidation sites excluding steroid dienone is 1. The lowest BCUT2D eigenvalue weighted by Gasteiger charge is -2.17. The highest BCUT2D eigenvalue weighted by Gasteiger charge is 2.46. The molecule has 0 fully saturated rings. The van der Waals surface area contributed by atoms with Crippen LogP contribution in [0.2, 0.25) is 0 Å². The summed E-state index contributed by atoms with van der Waals surface area (Å²) in [6, 6.07) is 3.36. The fourth-order valence-electron chi connectivity index (χ4n) is 2.24. The molecule has 1 aliphatic heterocycles. The maximum absolute atomic E-state index is 12.0. The quantitative estimate of drug-likeness (QED) is 0.782. The van der Waals surface area contributed by atoms with Gasteiger partial charge < -0.3 is 18.6 Å². The summed E-state index contributed by atoms with van der Waals surface area (Å²) in [5, 5.41) is 0. The summed E-state index contributed by atoms with van der Waals surface area (Å²) < 4.78 is 20.5. The minimum Gasteiger partial charge on any atom is -0.482 e. The summed E-state index contributed by atoms with van der Waals surface area (Å²) in [5.74, 6) is -0.934. The van der Waals surface area contributed by atoms with Crippen molar-refractivity contribution in [2.45, 2.75) is 25.9 Å². The molecule has 0 spiro atoms. The van der Waals surface area contributed by atoms with Crippen LogP contribution in [0.1, 0.15) is 25.5 Å². The van der Waals surface area contributed by atoms with E-state index >= 15 is 0 Å². The van der Waals surface area contributed by atoms with Crippen molar-refractivity contribution in [3.05, 3.63) is 35.5 Å². The van der Waals surface area contributed by atoms with E-state index in [1.54, 1.807) is 26.0 Å². The largest absolute Gasteiger partial charge is 0.482 e. The Morgan fingerprint density at radius 2 is 2.15 bits per heavy atom. The second kappa shape index (κ2) is 5.81. The van der Waals surface area contributed by atoms with E-state index in [1.165, 1.54) is 13.4 Å². The van der Waals surface area contributed by atoms with Gasteiger partial charge in [-0.3, -0.25) is 0 Å². The number of furan rings is 1. The van der Waals surface area contributed by atoms with Gasteiger partial charge in [-0.25, -0.2) is 9.59 Å². The Labute approximate surface area is 116 Å². The van der Waals surface area contributed by atoms with Crippen molar-refractivity contribution >= 4 is 11.9 Å². The Bertz CT molecular complexity index is 528. The van der Waals surface area contributed by atoms with Crippen LogP contribution in [0.5, 0.6) is 0 Å². The van der Waals surface area contributed by atoms with Crippen LogP contribution in [0, 0.1) is 0 Å². The van der Waals surface area contributed by atoms with Gasteiger partial charge in [-0.1, -0.05) is 0 Å². The van der Waals surface area contributed by atoms with Gasteiger partial charge in [0.25, 0.3) is 0 Å². The van der Waals surface area contributed by atoms with Gasteiger partial charge in [-0.2, -0.15) is 0 Å². The van der Waals surface area contributed by atoms with E-state index in [0.29, 0.717) is 11.5 Å². The molecule has 1 aliphatic rings. The highest BCUT2D eigenvalue weighted by molar-refractivity contribution is 5.93. The molecule has 20 heavy (non-hydrogen) atoms. The molecular weight excluding hydrogens is 264 g/mol. The van der Waals surface area contributed by atoms with Crippen LogP contribution in [0.15, 0.2) is 34.1 Å². The molecule has 2 rings (SSSR count). The predicted octanol–water partition coefficient (Wildman–Crippen LogP) is 1.77. The van der Waals surface area contributed by atoms with Crippen molar-refractivity contribution in [1.82, 2.24) is 0 Å². The first-order valence-electron chi connectivity index (χ1n) is 6.25. The monoisotopic (exact) mass is 280 g/mol. The lowest BCUT2D eigenvalue weighted by molar-refractivity contribution is -0.153. The SMILES string of the molecule is CCOC(=O)[C@H]1OC(C)=C(C(=O)OC)[C@@H]1c1ccco1. The van der Waals surface area contributed by atoms with Crippen LogP contribution in [0.25, 0.3) is 0 Å². The molecule has 2 atom stereocenters. The van der Waals surface area contributed by atoms with Crippen LogP contribution >= 0.6 is 0 Å². The summed E-state index contributed by atoms with van der Waals surface area (Å²) in [6.07, 6.45) is 0.537. The second-order valence-corrected chi connectivity index (χ2v) is 4.25. The van der Waals surface area contributed by atoms with Gasteiger partial charge in [0.2, 0.25) is 6.10 Å². The van der Waals surface area contributed by atoms with Crippen molar-refractivity contribution < 1.29 is 28.2 Å². The molecule has 2 heterocycles. The van der Waals surface area contributed by atoms with Crippen LogP contribution in [-0.4, -0.2) is 31.8 Å². The summed E-state index contributed by atoms with van der Waals surface area (Å²) in [4.78, 5) is 23.9. The fraction of sp³-hybridized carbons (Fsp3) is 0.429. The molecular formula is C14H16O6. The van der Waals surface area contributed by atoms with E-state index in [0.717, 1.165) is 0 Å². The summed E-state index contributed by atoms with van der Waals surface area (Å²) >= 11 is 0. The van der Waals surface area contributed by atoms with Crippen LogP contribution in [-0.2, 0) is 23.8 Å². The normalized spacial score (nSPS) is 21.6. The predicted molar refractivity (Wildman–Crippen MR) is 67.7 cm³/mol. The Hall–Kier alpha value is -2.24. The van der Waals surface area contributed by atoms with Crippen molar-refractivity contribution in [3.8, 4) is 0 Å². The maximum Gasteiger partial charge on any atom is 0.348 e. The molecule has 1 aromatic heterocycles. The van der Waals surface area contributed by atoms with Crippen molar-refractivity contribution in [1.29, 1.82) is 0 Å². The Morgan fingerprint density at radius 1 is 1.40 bits per heavy atom. The van der Waals surface area contributed by atoms with Gasteiger partial charge in [-0.05, 0) is 26.0 Å². The van der Waals surface area contributed by atoms with E-state index in [1.807, 2.05) is 0 Å². The molecule has 0 aliphatic carbocycles. The number of methoxy groups -OCH3 is 1. The molecule has 0 bridgehead atoms. The van der Waals surface area contributed by atoms with Gasteiger partial charge in [0.05, 0.1) is 25.6 Å². The first kappa shape index (κ1) is 14.2. The van der Waals surface area contributed by atoms with Crippen molar-refractivity contribution in [2.24, 2.45) is 0 Å². The third-order valence-electron chi connectivity index (χ3n) is 3.07. The molecule has 0 radical (unpaired) electrons. The Kier molecular flexibility index (Phi) is 4.12. The number of rotatable bonds is 4. The molecule has 6 nitrogen and oxygen atoms in total. The molecule has 0 aromatic carbocycles. The zero-order valence-electron chi connectivity index (χ0n) is 11.5. The number of carbonyl (C=O) groups excluding carboxylic acids is 2. The van der Waals surface area contributed by atoms with Gasteiger partial charge in [0, 0.05) is 0 Å². The average Bonchev–Trinajstić information content (AvgIpc) is 3.05. The van der Waals surface area contributed by atoms with E-state index in [2.05, 4.69) is 0 Å². The van der Waals surface area contributed by atoms with Crippen LogP contribution in [0.4, 0.5) is 0 Å². The van der Waals surface area contributed by atoms with E-state index in [4.69, 9.17) is 18.6 Å². The molecule has 1 aromatic rings. The van der Waals surface area contributed by atoms with Gasteiger partial charge in [-0.15, -0.1) is 0 Å². The molecule has 0 saturated heterocycles. The third kappa shape index (κ3) is 2.41. The highest BCUT2D eigenvalue weighted by Crippen LogP contribution is 2.40. The molecule has 0 amide bonds. The topological polar surface area (TPSA) is 75.0 Å². The van der Waals surface area contributed by atoms with Crippen molar-refractivity contribution in [2.75, 3.05) is 13.7 Å². The Morgan fingerprint density at radius 3 is 2.70 bits per heavy atom. The zero-order chi connectivity index (χ0) is 14.7. The summed E-state index contributed by atoms with van der Waals surface area (Å²) in [5.41, 5.74) is 0.278. The smallest absolute Gasteiger partial charge is 0.348 e. The van der Waals surface area contributed by atoms with E-state index < -0.39 is 24.0 Å². The molecule has 0 N–H and O–H groups in total. The van der Waals surface area contributed by atoms with Gasteiger partial charge in [0.15, 0.2) is 0 Å². The zero-order valence-corrected chi connectivity index (χ0v) is 11.5. The highest BCUT2D eigenvalue weighted by atomic mass is 16.6.